The quantitative estimate of drug-likeness (QED) is 0.626. The van der Waals surface area contributed by atoms with Crippen LogP contribution >= 0.6 is 0 Å². The molecular formula is C21H23N3O4. The predicted molar refractivity (Wildman–Crippen MR) is 107 cm³/mol. The third-order valence-electron chi connectivity index (χ3n) is 4.22. The molecule has 3 rings (SSSR count). The van der Waals surface area contributed by atoms with Gasteiger partial charge in [-0.2, -0.15) is 5.10 Å². The van der Waals surface area contributed by atoms with Crippen LogP contribution < -0.4 is 20.3 Å². The van der Waals surface area contributed by atoms with Crippen LogP contribution in [0.5, 0.6) is 11.5 Å². The Morgan fingerprint density at radius 3 is 2.50 bits per heavy atom. The van der Waals surface area contributed by atoms with Crippen molar-refractivity contribution in [2.45, 2.75) is 20.3 Å². The molecule has 0 unspecified atom stereocenters. The number of hydrogen-bond donors (Lipinski definition) is 2. The van der Waals surface area contributed by atoms with Crippen LogP contribution in [-0.4, -0.2) is 35.9 Å². The first-order valence-electron chi connectivity index (χ1n) is 9.28. The van der Waals surface area contributed by atoms with Gasteiger partial charge in [-0.1, -0.05) is 24.3 Å². The van der Waals surface area contributed by atoms with Crippen molar-refractivity contribution in [2.75, 3.05) is 19.8 Å². The first-order valence-corrected chi connectivity index (χ1v) is 9.28. The lowest BCUT2D eigenvalue weighted by atomic mass is 10.1. The first kappa shape index (κ1) is 19.4. The molecule has 2 N–H and O–H groups in total. The van der Waals surface area contributed by atoms with E-state index >= 15 is 0 Å². The molecule has 0 aliphatic heterocycles. The SMILES string of the molecule is CCOc1ccc(CCNC(=O)c2n[nH]c(=O)c3ccccc23)cc1OCC. The first-order chi connectivity index (χ1) is 13.6. The van der Waals surface area contributed by atoms with Crippen LogP contribution in [-0.2, 0) is 6.42 Å². The van der Waals surface area contributed by atoms with Crippen molar-refractivity contribution < 1.29 is 14.3 Å². The summed E-state index contributed by atoms with van der Waals surface area (Å²) in [5.74, 6) is 1.07. The van der Waals surface area contributed by atoms with Gasteiger partial charge in [0, 0.05) is 11.9 Å². The van der Waals surface area contributed by atoms with Crippen LogP contribution in [0.1, 0.15) is 29.9 Å². The Labute approximate surface area is 162 Å². The van der Waals surface area contributed by atoms with E-state index in [-0.39, 0.29) is 17.2 Å². The van der Waals surface area contributed by atoms with Gasteiger partial charge in [-0.25, -0.2) is 5.10 Å². The van der Waals surface area contributed by atoms with E-state index in [2.05, 4.69) is 15.5 Å². The Morgan fingerprint density at radius 2 is 1.75 bits per heavy atom. The molecule has 0 radical (unpaired) electrons. The van der Waals surface area contributed by atoms with Crippen LogP contribution in [0.2, 0.25) is 0 Å². The van der Waals surface area contributed by atoms with E-state index in [1.807, 2.05) is 32.0 Å². The molecule has 7 heteroatoms. The van der Waals surface area contributed by atoms with Gasteiger partial charge in [0.05, 0.1) is 18.6 Å². The summed E-state index contributed by atoms with van der Waals surface area (Å²) in [5, 5.41) is 10.1. The van der Waals surface area contributed by atoms with E-state index < -0.39 is 0 Å². The van der Waals surface area contributed by atoms with E-state index in [1.54, 1.807) is 24.3 Å². The molecule has 0 saturated carbocycles. The number of aromatic nitrogens is 2. The highest BCUT2D eigenvalue weighted by Gasteiger charge is 2.13. The minimum atomic E-state index is -0.330. The van der Waals surface area contributed by atoms with E-state index in [4.69, 9.17) is 9.47 Å². The highest BCUT2D eigenvalue weighted by atomic mass is 16.5. The number of benzene rings is 2. The third kappa shape index (κ3) is 4.31. The number of carbonyl (C=O) groups is 1. The van der Waals surface area contributed by atoms with Gasteiger partial charge in [0.25, 0.3) is 11.5 Å². The summed E-state index contributed by atoms with van der Waals surface area (Å²) < 4.78 is 11.2. The second-order valence-corrected chi connectivity index (χ2v) is 6.10. The zero-order valence-corrected chi connectivity index (χ0v) is 16.0. The van der Waals surface area contributed by atoms with E-state index in [0.29, 0.717) is 48.5 Å². The largest absolute Gasteiger partial charge is 0.490 e. The van der Waals surface area contributed by atoms with Crippen LogP contribution in [0.15, 0.2) is 47.3 Å². The molecule has 3 aromatic rings. The van der Waals surface area contributed by atoms with Crippen molar-refractivity contribution in [1.82, 2.24) is 15.5 Å². The summed E-state index contributed by atoms with van der Waals surface area (Å²) in [5.41, 5.74) is 0.911. The number of nitrogens with zero attached hydrogens (tertiary/aromatic N) is 1. The fourth-order valence-corrected chi connectivity index (χ4v) is 2.94. The van der Waals surface area contributed by atoms with E-state index in [1.165, 1.54) is 0 Å². The average Bonchev–Trinajstić information content (AvgIpc) is 2.70. The topological polar surface area (TPSA) is 93.3 Å². The highest BCUT2D eigenvalue weighted by Crippen LogP contribution is 2.28. The summed E-state index contributed by atoms with van der Waals surface area (Å²) in [6, 6.07) is 12.7. The number of rotatable bonds is 8. The van der Waals surface area contributed by atoms with Crippen LogP contribution in [0.25, 0.3) is 10.8 Å². The molecule has 0 fully saturated rings. The zero-order chi connectivity index (χ0) is 19.9. The molecule has 0 spiro atoms. The van der Waals surface area contributed by atoms with Crippen molar-refractivity contribution >= 4 is 16.7 Å². The minimum absolute atomic E-state index is 0.205. The third-order valence-corrected chi connectivity index (χ3v) is 4.22. The Bertz CT molecular complexity index is 1030. The predicted octanol–water partition coefficient (Wildman–Crippen LogP) is 2.69. The number of aromatic amines is 1. The smallest absolute Gasteiger partial charge is 0.272 e. The molecule has 1 amide bonds. The molecule has 0 saturated heterocycles. The maximum Gasteiger partial charge on any atom is 0.272 e. The molecule has 2 aromatic carbocycles. The maximum absolute atomic E-state index is 12.5. The molecular weight excluding hydrogens is 358 g/mol. The maximum atomic E-state index is 12.5. The number of amides is 1. The fourth-order valence-electron chi connectivity index (χ4n) is 2.94. The summed E-state index contributed by atoms with van der Waals surface area (Å²) in [7, 11) is 0. The molecule has 28 heavy (non-hydrogen) atoms. The minimum Gasteiger partial charge on any atom is -0.490 e. The summed E-state index contributed by atoms with van der Waals surface area (Å²) in [6.45, 7) is 5.38. The van der Waals surface area contributed by atoms with Crippen LogP contribution in [0.4, 0.5) is 0 Å². The lowest BCUT2D eigenvalue weighted by Gasteiger charge is -2.12. The molecule has 1 heterocycles. The summed E-state index contributed by atoms with van der Waals surface area (Å²) in [4.78, 5) is 24.4. The van der Waals surface area contributed by atoms with Gasteiger partial charge in [-0.05, 0) is 44.0 Å². The van der Waals surface area contributed by atoms with Gasteiger partial charge in [-0.15, -0.1) is 0 Å². The molecule has 7 nitrogen and oxygen atoms in total. The number of carbonyl (C=O) groups excluding carboxylic acids is 1. The number of nitrogens with one attached hydrogen (secondary N) is 2. The molecule has 1 aromatic heterocycles. The second-order valence-electron chi connectivity index (χ2n) is 6.10. The van der Waals surface area contributed by atoms with Gasteiger partial charge < -0.3 is 14.8 Å². The van der Waals surface area contributed by atoms with Crippen LogP contribution in [0, 0.1) is 0 Å². The zero-order valence-electron chi connectivity index (χ0n) is 16.0. The van der Waals surface area contributed by atoms with Crippen molar-refractivity contribution in [3.8, 4) is 11.5 Å². The standard InChI is InChI=1S/C21H23N3O4/c1-3-27-17-10-9-14(13-18(17)28-4-2)11-12-22-21(26)19-15-7-5-6-8-16(15)20(25)24-23-19/h5-10,13H,3-4,11-12H2,1-2H3,(H,22,26)(H,24,25). The van der Waals surface area contributed by atoms with Crippen molar-refractivity contribution in [1.29, 1.82) is 0 Å². The molecule has 146 valence electrons. The van der Waals surface area contributed by atoms with Gasteiger partial charge in [0.15, 0.2) is 17.2 Å². The fraction of sp³-hybridized carbons (Fsp3) is 0.286. The summed E-state index contributed by atoms with van der Waals surface area (Å²) in [6.07, 6.45) is 0.625. The lowest BCUT2D eigenvalue weighted by molar-refractivity contribution is 0.0950. The Balaban J connectivity index is 1.68. The Morgan fingerprint density at radius 1 is 1.04 bits per heavy atom. The second kappa shape index (κ2) is 9.03. The number of ether oxygens (including phenoxy) is 2. The number of hydrogen-bond acceptors (Lipinski definition) is 5. The van der Waals surface area contributed by atoms with Crippen molar-refractivity contribution in [2.24, 2.45) is 0 Å². The molecule has 0 atom stereocenters. The van der Waals surface area contributed by atoms with Gasteiger partial charge in [0.1, 0.15) is 0 Å². The number of H-pyrrole nitrogens is 1. The van der Waals surface area contributed by atoms with Gasteiger partial charge >= 0.3 is 0 Å². The Hall–Kier alpha value is -3.35. The average molecular weight is 381 g/mol. The van der Waals surface area contributed by atoms with Crippen molar-refractivity contribution in [3.63, 3.8) is 0 Å². The summed E-state index contributed by atoms with van der Waals surface area (Å²) >= 11 is 0. The molecule has 0 aliphatic carbocycles. The molecule has 0 bridgehead atoms. The normalized spacial score (nSPS) is 10.6. The van der Waals surface area contributed by atoms with Gasteiger partial charge in [0.2, 0.25) is 0 Å². The van der Waals surface area contributed by atoms with E-state index in [9.17, 15) is 9.59 Å². The lowest BCUT2D eigenvalue weighted by Crippen LogP contribution is -2.28. The van der Waals surface area contributed by atoms with Crippen LogP contribution in [0.3, 0.4) is 0 Å². The van der Waals surface area contributed by atoms with E-state index in [0.717, 1.165) is 5.56 Å². The Kier molecular flexibility index (Phi) is 6.26. The highest BCUT2D eigenvalue weighted by molar-refractivity contribution is 6.04. The van der Waals surface area contributed by atoms with Gasteiger partial charge in [-0.3, -0.25) is 9.59 Å². The monoisotopic (exact) mass is 381 g/mol. The molecule has 0 aliphatic rings. The number of fused-ring (bicyclic) bond motifs is 1. The van der Waals surface area contributed by atoms with Crippen molar-refractivity contribution in [3.05, 3.63) is 64.1 Å².